The van der Waals surface area contributed by atoms with Crippen LogP contribution in [0.1, 0.15) is 0 Å². The molecule has 0 saturated carbocycles. The summed E-state index contributed by atoms with van der Waals surface area (Å²) in [5.74, 6) is 0. The van der Waals surface area contributed by atoms with Gasteiger partial charge in [-0.05, 0) is 0 Å². The van der Waals surface area contributed by atoms with E-state index in [4.69, 9.17) is 0 Å². The van der Waals surface area contributed by atoms with Gasteiger partial charge < -0.3 is 5.43 Å². The molecule has 1 aliphatic rings. The second kappa shape index (κ2) is 3.32. The molecule has 1 heterocycles. The normalized spacial score (nSPS) is 16.0. The molecule has 0 unspecified atom stereocenters. The molecule has 0 bridgehead atoms. The maximum atomic E-state index is 2.86. The van der Waals surface area contributed by atoms with Crippen molar-refractivity contribution in [3.63, 3.8) is 0 Å². The van der Waals surface area contributed by atoms with Crippen LogP contribution >= 0.6 is 0 Å². The minimum atomic E-state index is 0. The van der Waals surface area contributed by atoms with Crippen LogP contribution in [0.4, 0.5) is 0 Å². The third-order valence-electron chi connectivity index (χ3n) is 0.523. The third kappa shape index (κ3) is 1.53. The monoisotopic (exact) mass is 134 g/mol. The minimum Gasteiger partial charge on any atom is -0.329 e. The summed E-state index contributed by atoms with van der Waals surface area (Å²) in [6.45, 7) is 0.958. The Balaban J connectivity index is 0.000000250. The van der Waals surface area contributed by atoms with Gasteiger partial charge in [-0.3, -0.25) is 0 Å². The summed E-state index contributed by atoms with van der Waals surface area (Å²) in [4.78, 5) is 0. The zero-order chi connectivity index (χ0) is 3.54. The Morgan fingerprint density at radius 2 is 2.33 bits per heavy atom. The Hall–Kier alpha value is 0.123. The molecule has 2 nitrogen and oxygen atoms in total. The molecule has 0 aromatic rings. The molecule has 1 rings (SSSR count). The largest absolute Gasteiger partial charge is 0.329 e. The Morgan fingerprint density at radius 1 is 1.50 bits per heavy atom. The first-order chi connectivity index (χ1) is 2.50. The van der Waals surface area contributed by atoms with Crippen molar-refractivity contribution in [3.05, 3.63) is 12.3 Å². The van der Waals surface area contributed by atoms with Gasteiger partial charge in [0.2, 0.25) is 0 Å². The van der Waals surface area contributed by atoms with E-state index in [0.717, 1.165) is 6.54 Å². The quantitative estimate of drug-likeness (QED) is 0.442. The first-order valence-electron chi connectivity index (χ1n) is 1.63. The van der Waals surface area contributed by atoms with E-state index in [9.17, 15) is 0 Å². The van der Waals surface area contributed by atoms with Crippen LogP contribution in [0.2, 0.25) is 0 Å². The van der Waals surface area contributed by atoms with E-state index in [2.05, 4.69) is 10.9 Å². The van der Waals surface area contributed by atoms with Crippen molar-refractivity contribution in [1.29, 1.82) is 0 Å². The molecular formula is C3H6N2Zn. The van der Waals surface area contributed by atoms with Crippen LogP contribution < -0.4 is 10.9 Å². The van der Waals surface area contributed by atoms with Gasteiger partial charge in [-0.1, -0.05) is 6.08 Å². The van der Waals surface area contributed by atoms with Crippen molar-refractivity contribution in [2.24, 2.45) is 0 Å². The molecule has 0 amide bonds. The van der Waals surface area contributed by atoms with E-state index in [-0.39, 0.29) is 19.5 Å². The Bertz CT molecular complexity index is 46.8. The summed E-state index contributed by atoms with van der Waals surface area (Å²) in [5.41, 5.74) is 5.65. The summed E-state index contributed by atoms with van der Waals surface area (Å²) in [7, 11) is 0. The number of nitrogens with one attached hydrogen (secondary N) is 2. The van der Waals surface area contributed by atoms with Crippen molar-refractivity contribution in [2.75, 3.05) is 6.54 Å². The summed E-state index contributed by atoms with van der Waals surface area (Å²) in [5, 5.41) is 0. The van der Waals surface area contributed by atoms with Crippen LogP contribution in [0.5, 0.6) is 0 Å². The standard InChI is InChI=1S/C3H6N2.Zn/c1-2-4-5-3-1;/h1-2,4-5H,3H2;. The maximum Gasteiger partial charge on any atom is 0.0345 e. The molecule has 0 fully saturated rings. The van der Waals surface area contributed by atoms with Gasteiger partial charge in [0.1, 0.15) is 0 Å². The summed E-state index contributed by atoms with van der Waals surface area (Å²) < 4.78 is 0. The van der Waals surface area contributed by atoms with Crippen molar-refractivity contribution < 1.29 is 19.5 Å². The zero-order valence-electron chi connectivity index (χ0n) is 3.57. The van der Waals surface area contributed by atoms with Crippen LogP contribution in [0.3, 0.4) is 0 Å². The second-order valence-corrected chi connectivity index (χ2v) is 0.928. The second-order valence-electron chi connectivity index (χ2n) is 0.928. The van der Waals surface area contributed by atoms with E-state index < -0.39 is 0 Å². The van der Waals surface area contributed by atoms with E-state index >= 15 is 0 Å². The molecule has 0 aromatic carbocycles. The van der Waals surface area contributed by atoms with E-state index in [1.165, 1.54) is 0 Å². The van der Waals surface area contributed by atoms with Gasteiger partial charge in [0, 0.05) is 32.2 Å². The number of hydrogen-bond acceptors (Lipinski definition) is 2. The van der Waals surface area contributed by atoms with Crippen molar-refractivity contribution in [2.45, 2.75) is 0 Å². The van der Waals surface area contributed by atoms with Gasteiger partial charge in [0.15, 0.2) is 0 Å². The predicted octanol–water partition coefficient (Wildman–Crippen LogP) is -0.395. The number of rotatable bonds is 0. The molecule has 0 saturated heterocycles. The Labute approximate surface area is 49.7 Å². The molecule has 0 aromatic heterocycles. The molecule has 0 spiro atoms. The molecule has 3 heteroatoms. The van der Waals surface area contributed by atoms with E-state index in [1.54, 1.807) is 0 Å². The van der Waals surface area contributed by atoms with Crippen molar-refractivity contribution in [1.82, 2.24) is 10.9 Å². The number of hydrazine groups is 1. The SMILES string of the molecule is C1=CNNC1.[Zn]. The maximum absolute atomic E-state index is 2.86. The first-order valence-corrected chi connectivity index (χ1v) is 1.63. The zero-order valence-corrected chi connectivity index (χ0v) is 6.54. The molecule has 0 aliphatic carbocycles. The van der Waals surface area contributed by atoms with Crippen LogP contribution in [-0.4, -0.2) is 6.54 Å². The Kier molecular flexibility index (Phi) is 3.39. The van der Waals surface area contributed by atoms with Gasteiger partial charge in [-0.25, -0.2) is 5.43 Å². The Morgan fingerprint density at radius 3 is 2.50 bits per heavy atom. The summed E-state index contributed by atoms with van der Waals surface area (Å²) in [6, 6.07) is 0. The average molecular weight is 135 g/mol. The van der Waals surface area contributed by atoms with Crippen LogP contribution in [0.25, 0.3) is 0 Å². The van der Waals surface area contributed by atoms with Crippen LogP contribution in [0, 0.1) is 0 Å². The fourth-order valence-electron chi connectivity index (χ4n) is 0.295. The third-order valence-corrected chi connectivity index (χ3v) is 0.523. The first kappa shape index (κ1) is 6.12. The van der Waals surface area contributed by atoms with Gasteiger partial charge in [0.25, 0.3) is 0 Å². The van der Waals surface area contributed by atoms with Gasteiger partial charge >= 0.3 is 0 Å². The van der Waals surface area contributed by atoms with E-state index in [0.29, 0.717) is 0 Å². The molecule has 30 valence electrons. The van der Waals surface area contributed by atoms with Gasteiger partial charge in [-0.15, -0.1) is 0 Å². The molecular weight excluding hydrogens is 129 g/mol. The van der Waals surface area contributed by atoms with E-state index in [1.807, 2.05) is 12.3 Å². The molecule has 0 radical (unpaired) electrons. The van der Waals surface area contributed by atoms with Gasteiger partial charge in [0.05, 0.1) is 0 Å². The van der Waals surface area contributed by atoms with Gasteiger partial charge in [-0.2, -0.15) is 0 Å². The average Bonchev–Trinajstić information content (AvgIpc) is 1.76. The van der Waals surface area contributed by atoms with Crippen LogP contribution in [0.15, 0.2) is 12.3 Å². The molecule has 2 N–H and O–H groups in total. The molecule has 1 aliphatic heterocycles. The summed E-state index contributed by atoms with van der Waals surface area (Å²) in [6.07, 6.45) is 3.89. The van der Waals surface area contributed by atoms with Crippen molar-refractivity contribution in [3.8, 4) is 0 Å². The smallest absolute Gasteiger partial charge is 0.0345 e. The minimum absolute atomic E-state index is 0. The fraction of sp³-hybridized carbons (Fsp3) is 0.333. The number of hydrogen-bond donors (Lipinski definition) is 2. The van der Waals surface area contributed by atoms with Crippen molar-refractivity contribution >= 4 is 0 Å². The topological polar surface area (TPSA) is 24.1 Å². The summed E-state index contributed by atoms with van der Waals surface area (Å²) >= 11 is 0. The fourth-order valence-corrected chi connectivity index (χ4v) is 0.295. The molecule has 0 atom stereocenters. The molecule has 6 heavy (non-hydrogen) atoms. The predicted molar refractivity (Wildman–Crippen MR) is 20.3 cm³/mol. The van der Waals surface area contributed by atoms with Crippen LogP contribution in [-0.2, 0) is 19.5 Å².